The molecular weight excluding hydrogens is 1460 g/mol. The summed E-state index contributed by atoms with van der Waals surface area (Å²) in [5, 5.41) is 1.56. The lowest BCUT2D eigenvalue weighted by molar-refractivity contribution is -0.121. The van der Waals surface area contributed by atoms with Crippen molar-refractivity contribution in [3.63, 3.8) is 0 Å². The van der Waals surface area contributed by atoms with E-state index in [1.54, 1.807) is 77.1 Å². The third-order valence-corrected chi connectivity index (χ3v) is 21.7. The SMILES string of the molecule is [2H]C1([2H])C2=C(Cc3c(C)cc(Cl)cc32)C(C(N)=O)C([2H])([2H])C1([2H])[2H].[2H]C1([2H])C2=C(Cc3ccc(Cl)cc32)C(C(N)=O)C([2H])([2H])C1([2H])[2H].[2H]c1c(C)c(Cl)c([2H])c2c1CC1=C2CC([2H])([2H])C([2H])([2H])C1([2H])C(N)=O.[2H]c1c(C)c(Cl)cc2c1CC1=C2CC([2H])([2H])C([2H])([2H])C1([2H])C(N)=O.[2H]c1c(Cl)c(C)cc2c1C1=C(C2)C([2H])(C(N)=O)C([2H])([2H])C([2H])([2H])C1.[2H]c1c(Cl)cc(C)c2c1C1=C(C2)C([2H])(C(N)=O)C([2H])([2H])C([2H])([2H])C1. The summed E-state index contributed by atoms with van der Waals surface area (Å²) in [6.07, 6.45) is -38.7. The van der Waals surface area contributed by atoms with Gasteiger partial charge in [-0.25, -0.2) is 0 Å². The Bertz CT molecular complexity index is 6970. The number of aryl methyl sites for hydroxylation is 3. The molecule has 558 valence electrons. The summed E-state index contributed by atoms with van der Waals surface area (Å²) in [6.45, 7) is 8.57. The van der Waals surface area contributed by atoms with Gasteiger partial charge in [0, 0.05) is 74.0 Å². The Morgan fingerprint density at radius 2 is 0.720 bits per heavy atom. The molecule has 0 aromatic heterocycles. The molecule has 0 radical (unpaired) electrons. The van der Waals surface area contributed by atoms with Crippen LogP contribution in [0, 0.1) is 70.0 Å². The van der Waals surface area contributed by atoms with E-state index < -0.39 is 166 Å². The molecular formula is C89H94Cl6N6O6. The fourth-order valence-corrected chi connectivity index (χ4v) is 15.9. The Morgan fingerprint density at radius 1 is 0.336 bits per heavy atom. The molecule has 0 bridgehead atoms. The smallest absolute Gasteiger partial charge is 0.224 e. The maximum absolute atomic E-state index is 12.1. The number of halogens is 6. The molecule has 6 aromatic carbocycles. The van der Waals surface area contributed by atoms with Crippen molar-refractivity contribution in [2.45, 2.75) is 188 Å². The minimum atomic E-state index is -2.93. The molecule has 6 atom stereocenters. The minimum absolute atomic E-state index is 0.000995. The standard InChI is InChI=1S/5C15H16ClNO.C14H14ClNO/c3*1-8-5-9-6-13-10(12(9)7-14(8)16)3-2-4-11(13)15(17)18;2*1-8-5-9(16)6-13-10-3-2-4-11(15(17)18)14(10)7-12(8)13;15-9-5-4-8-6-13-10(12(8)7-9)2-1-3-11(13)14(16)17/h3*5,7,11H,2-4,6H2,1H3,(H2,17,18);2*5-6,11H,2-4,7H2,1H3,(H2,17,18);4-5,7,11H,1-3,6H2,(H2,16,17)/i2D2,4D2,5D,7D,11D;2D2,4D2,7D,11D;2D2,4D2,5D,11D;2D2,4D2,6D,11D;2D2,3D2,4D2;1D2,2D2,3D2. The molecule has 6 aromatic rings. The third-order valence-electron chi connectivity index (χ3n) is 19.9. The monoisotopic (exact) mass is 1590 g/mol. The molecule has 12 aliphatic rings. The van der Waals surface area contributed by atoms with Gasteiger partial charge in [0.2, 0.25) is 35.4 Å². The number of carbonyl (C=O) groups excluding carboxylic acids is 6. The highest BCUT2D eigenvalue weighted by molar-refractivity contribution is 6.33. The molecule has 0 saturated carbocycles. The van der Waals surface area contributed by atoms with E-state index in [1.807, 2.05) is 0 Å². The molecule has 0 fully saturated rings. The van der Waals surface area contributed by atoms with Crippen LogP contribution in [0.25, 0.3) is 33.4 Å². The van der Waals surface area contributed by atoms with Gasteiger partial charge in [0.25, 0.3) is 0 Å². The molecule has 6 unspecified atom stereocenters. The van der Waals surface area contributed by atoms with Gasteiger partial charge in [-0.05, 0) is 404 Å². The average molecular weight is 1590 g/mol. The summed E-state index contributed by atoms with van der Waals surface area (Å²) in [5.41, 5.74) is 43.4. The van der Waals surface area contributed by atoms with Gasteiger partial charge < -0.3 is 34.4 Å². The lowest BCUT2D eigenvalue weighted by Gasteiger charge is -2.22. The van der Waals surface area contributed by atoms with E-state index in [0.717, 1.165) is 16.7 Å². The number of rotatable bonds is 6. The number of benzene rings is 6. The predicted octanol–water partition coefficient (Wildman–Crippen LogP) is 19.2. The van der Waals surface area contributed by atoms with Gasteiger partial charge in [0.1, 0.15) is 0 Å². The number of amides is 6. The van der Waals surface area contributed by atoms with E-state index in [2.05, 4.69) is 0 Å². The van der Waals surface area contributed by atoms with Crippen molar-refractivity contribution in [1.29, 1.82) is 0 Å². The molecule has 18 rings (SSSR count). The molecule has 107 heavy (non-hydrogen) atoms. The highest BCUT2D eigenvalue weighted by Gasteiger charge is 2.40. The van der Waals surface area contributed by atoms with Crippen LogP contribution in [0.4, 0.5) is 0 Å². The number of nitrogens with two attached hydrogens (primary N) is 6. The van der Waals surface area contributed by atoms with Crippen LogP contribution in [-0.4, -0.2) is 35.4 Å². The van der Waals surface area contributed by atoms with Gasteiger partial charge in [-0.15, -0.1) is 0 Å². The Kier molecular flexibility index (Phi) is 13.1. The first-order valence-electron chi connectivity index (χ1n) is 52.0. The number of hydrogen-bond acceptors (Lipinski definition) is 6. The van der Waals surface area contributed by atoms with Gasteiger partial charge in [-0.3, -0.25) is 28.8 Å². The van der Waals surface area contributed by atoms with Crippen LogP contribution >= 0.6 is 69.6 Å². The van der Waals surface area contributed by atoms with Crippen molar-refractivity contribution in [2.24, 2.45) is 69.8 Å². The van der Waals surface area contributed by atoms with Crippen molar-refractivity contribution in [3.8, 4) is 0 Å². The fraction of sp³-hybridized carbons (Fsp3) is 0.393. The zero-order valence-electron chi connectivity index (χ0n) is 95.0. The number of hydrogen-bond donors (Lipinski definition) is 6. The molecule has 12 aliphatic carbocycles. The van der Waals surface area contributed by atoms with Gasteiger partial charge in [-0.2, -0.15) is 0 Å². The molecule has 0 heterocycles. The first kappa shape index (κ1) is 43.6. The molecule has 0 spiro atoms. The van der Waals surface area contributed by atoms with Crippen molar-refractivity contribution in [2.75, 3.05) is 0 Å². The van der Waals surface area contributed by atoms with E-state index >= 15 is 0 Å². The van der Waals surface area contributed by atoms with Crippen molar-refractivity contribution >= 4 is 138 Å². The van der Waals surface area contributed by atoms with Gasteiger partial charge in [0.15, 0.2) is 0 Å². The summed E-state index contributed by atoms with van der Waals surface area (Å²) < 4.78 is 302. The van der Waals surface area contributed by atoms with E-state index in [0.29, 0.717) is 104 Å². The minimum Gasteiger partial charge on any atom is -0.369 e. The lowest BCUT2D eigenvalue weighted by Crippen LogP contribution is -2.27. The third kappa shape index (κ3) is 15.7. The first-order valence-corrected chi connectivity index (χ1v) is 35.8. The van der Waals surface area contributed by atoms with Crippen LogP contribution < -0.4 is 34.4 Å². The number of allylic oxidation sites excluding steroid dienone is 6. The molecule has 0 saturated heterocycles. The Hall–Kier alpha value is -7.68. The second-order valence-corrected chi connectivity index (χ2v) is 29.0. The highest BCUT2D eigenvalue weighted by atomic mass is 35.5. The van der Waals surface area contributed by atoms with E-state index in [9.17, 15) is 28.8 Å². The zero-order chi connectivity index (χ0) is 109. The summed E-state index contributed by atoms with van der Waals surface area (Å²) in [7, 11) is 0. The maximum Gasteiger partial charge on any atom is 0.224 e. The second-order valence-electron chi connectivity index (χ2n) is 26.6. The summed E-state index contributed by atoms with van der Waals surface area (Å²) >= 11 is 36.5. The normalized spacial score (nSPS) is 36.3. The second kappa shape index (κ2) is 32.1. The van der Waals surface area contributed by atoms with Gasteiger partial charge >= 0.3 is 0 Å². The van der Waals surface area contributed by atoms with Crippen LogP contribution in [-0.2, 0) is 67.3 Å². The Labute approximate surface area is 710 Å². The summed E-state index contributed by atoms with van der Waals surface area (Å²) in [4.78, 5) is 71.9. The average Bonchev–Trinajstić information content (AvgIpc) is 1.52. The van der Waals surface area contributed by atoms with Crippen molar-refractivity contribution < 1.29 is 79.5 Å². The van der Waals surface area contributed by atoms with Crippen LogP contribution in [0.15, 0.2) is 112 Å². The number of carbonyl (C=O) groups is 6. The molecule has 6 amide bonds. The van der Waals surface area contributed by atoms with Crippen LogP contribution in [0.3, 0.4) is 0 Å². The summed E-state index contributed by atoms with van der Waals surface area (Å²) in [5.74, 6) is -20.3. The lowest BCUT2D eigenvalue weighted by atomic mass is 9.82. The highest BCUT2D eigenvalue weighted by Crippen LogP contribution is 2.52. The topological polar surface area (TPSA) is 259 Å². The zero-order valence-corrected chi connectivity index (χ0v) is 62.6. The largest absolute Gasteiger partial charge is 0.369 e. The number of fused-ring (bicyclic) bond motifs is 12. The van der Waals surface area contributed by atoms with E-state index in [4.69, 9.17) is 155 Å². The Balaban J connectivity index is 0.000000145. The van der Waals surface area contributed by atoms with Gasteiger partial charge in [-0.1, -0.05) is 93.8 Å². The number of primary amides is 6. The van der Waals surface area contributed by atoms with Gasteiger partial charge in [0.05, 0.1) is 42.3 Å². The van der Waals surface area contributed by atoms with Crippen LogP contribution in [0.1, 0.15) is 260 Å². The quantitative estimate of drug-likeness (QED) is 0.0944. The molecule has 0 aliphatic heterocycles. The predicted molar refractivity (Wildman–Crippen MR) is 435 cm³/mol. The van der Waals surface area contributed by atoms with E-state index in [1.165, 1.54) is 6.07 Å². The van der Waals surface area contributed by atoms with Crippen molar-refractivity contribution in [1.82, 2.24) is 0 Å². The molecule has 12 nitrogen and oxygen atoms in total. The molecule has 12 N–H and O–H groups in total. The van der Waals surface area contributed by atoms with Crippen LogP contribution in [0.5, 0.6) is 0 Å². The fourth-order valence-electron chi connectivity index (χ4n) is 14.8. The summed E-state index contributed by atoms with van der Waals surface area (Å²) in [6, 6.07) is 13.2. The van der Waals surface area contributed by atoms with E-state index in [-0.39, 0.29) is 159 Å². The van der Waals surface area contributed by atoms with Crippen LogP contribution in [0.2, 0.25) is 30.1 Å². The Morgan fingerprint density at radius 3 is 1.23 bits per heavy atom. The molecule has 18 heteroatoms. The first-order chi connectivity index (χ1) is 65.1. The van der Waals surface area contributed by atoms with Crippen molar-refractivity contribution in [3.05, 3.63) is 237 Å². The maximum atomic E-state index is 12.1.